The first kappa shape index (κ1) is 15.3. The molecule has 2 rings (SSSR count). The quantitative estimate of drug-likeness (QED) is 0.813. The van der Waals surface area contributed by atoms with Crippen molar-refractivity contribution in [2.24, 2.45) is 0 Å². The van der Waals surface area contributed by atoms with Gasteiger partial charge in [0.1, 0.15) is 5.82 Å². The highest BCUT2D eigenvalue weighted by atomic mass is 15.2. The van der Waals surface area contributed by atoms with E-state index in [1.165, 1.54) is 44.3 Å². The van der Waals surface area contributed by atoms with E-state index in [0.717, 1.165) is 31.4 Å². The van der Waals surface area contributed by atoms with Crippen molar-refractivity contribution < 1.29 is 0 Å². The van der Waals surface area contributed by atoms with E-state index in [9.17, 15) is 0 Å². The smallest absolute Gasteiger partial charge is 0.126 e. The Morgan fingerprint density at radius 2 is 2.15 bits per heavy atom. The number of nitrogens with one attached hydrogen (secondary N) is 1. The standard InChI is InChI=1S/C17H29N3/c1-3-8-16-10-5-6-13-20(16)14-15-9-7-11-17(19-15)18-12-4-2/h7,9,11,16H,3-6,8,10,12-14H2,1-2H3,(H,18,19). The molecule has 0 saturated carbocycles. The minimum Gasteiger partial charge on any atom is -0.370 e. The zero-order valence-electron chi connectivity index (χ0n) is 13.1. The van der Waals surface area contributed by atoms with E-state index in [2.05, 4.69) is 42.3 Å². The first-order valence-electron chi connectivity index (χ1n) is 8.27. The van der Waals surface area contributed by atoms with Gasteiger partial charge in [-0.1, -0.05) is 32.8 Å². The molecule has 1 aromatic rings. The summed E-state index contributed by atoms with van der Waals surface area (Å²) < 4.78 is 0. The van der Waals surface area contributed by atoms with Crippen molar-refractivity contribution >= 4 is 5.82 Å². The second-order valence-electron chi connectivity index (χ2n) is 5.85. The van der Waals surface area contributed by atoms with Gasteiger partial charge >= 0.3 is 0 Å². The number of anilines is 1. The van der Waals surface area contributed by atoms with Crippen LogP contribution in [0.5, 0.6) is 0 Å². The Morgan fingerprint density at radius 3 is 2.95 bits per heavy atom. The summed E-state index contributed by atoms with van der Waals surface area (Å²) in [5, 5.41) is 3.38. The fourth-order valence-electron chi connectivity index (χ4n) is 3.06. The van der Waals surface area contributed by atoms with Crippen LogP contribution in [0.2, 0.25) is 0 Å². The zero-order valence-corrected chi connectivity index (χ0v) is 13.1. The summed E-state index contributed by atoms with van der Waals surface area (Å²) in [4.78, 5) is 7.38. The maximum Gasteiger partial charge on any atom is 0.126 e. The number of hydrogen-bond acceptors (Lipinski definition) is 3. The van der Waals surface area contributed by atoms with Gasteiger partial charge in [-0.25, -0.2) is 4.98 Å². The molecular weight excluding hydrogens is 246 g/mol. The third-order valence-electron chi connectivity index (χ3n) is 4.10. The minimum absolute atomic E-state index is 0.766. The van der Waals surface area contributed by atoms with Crippen LogP contribution < -0.4 is 5.32 Å². The van der Waals surface area contributed by atoms with Gasteiger partial charge in [0.2, 0.25) is 0 Å². The highest BCUT2D eigenvalue weighted by Gasteiger charge is 2.21. The Balaban J connectivity index is 1.96. The van der Waals surface area contributed by atoms with Gasteiger partial charge in [0.25, 0.3) is 0 Å². The molecule has 1 N–H and O–H groups in total. The van der Waals surface area contributed by atoms with Crippen molar-refractivity contribution in [3.8, 4) is 0 Å². The highest BCUT2D eigenvalue weighted by Crippen LogP contribution is 2.22. The maximum absolute atomic E-state index is 4.75. The molecule has 0 spiro atoms. The minimum atomic E-state index is 0.766. The van der Waals surface area contributed by atoms with Crippen LogP contribution in [-0.4, -0.2) is 29.0 Å². The largest absolute Gasteiger partial charge is 0.370 e. The van der Waals surface area contributed by atoms with Gasteiger partial charge < -0.3 is 5.32 Å². The van der Waals surface area contributed by atoms with Crippen molar-refractivity contribution in [1.29, 1.82) is 0 Å². The zero-order chi connectivity index (χ0) is 14.2. The predicted octanol–water partition coefficient (Wildman–Crippen LogP) is 4.06. The van der Waals surface area contributed by atoms with Crippen molar-refractivity contribution in [2.75, 3.05) is 18.4 Å². The molecule has 0 aromatic carbocycles. The topological polar surface area (TPSA) is 28.2 Å². The first-order chi connectivity index (χ1) is 9.83. The van der Waals surface area contributed by atoms with E-state index in [1.54, 1.807) is 0 Å². The molecule has 20 heavy (non-hydrogen) atoms. The lowest BCUT2D eigenvalue weighted by Crippen LogP contribution is -2.39. The van der Waals surface area contributed by atoms with Crippen LogP contribution in [0.3, 0.4) is 0 Å². The second-order valence-corrected chi connectivity index (χ2v) is 5.85. The molecule has 3 nitrogen and oxygen atoms in total. The van der Waals surface area contributed by atoms with Crippen LogP contribution in [0.4, 0.5) is 5.82 Å². The van der Waals surface area contributed by atoms with E-state index in [1.807, 2.05) is 0 Å². The number of aromatic nitrogens is 1. The molecule has 0 bridgehead atoms. The number of likely N-dealkylation sites (tertiary alicyclic amines) is 1. The van der Waals surface area contributed by atoms with E-state index < -0.39 is 0 Å². The Morgan fingerprint density at radius 1 is 1.25 bits per heavy atom. The predicted molar refractivity (Wildman–Crippen MR) is 86.0 cm³/mol. The van der Waals surface area contributed by atoms with E-state index in [4.69, 9.17) is 4.98 Å². The fraction of sp³-hybridized carbons (Fsp3) is 0.706. The Labute approximate surface area is 123 Å². The lowest BCUT2D eigenvalue weighted by atomic mass is 9.98. The fourth-order valence-corrected chi connectivity index (χ4v) is 3.06. The van der Waals surface area contributed by atoms with Crippen molar-refractivity contribution in [2.45, 2.75) is 65.0 Å². The average molecular weight is 275 g/mol. The van der Waals surface area contributed by atoms with Gasteiger partial charge in [-0.05, 0) is 44.4 Å². The van der Waals surface area contributed by atoms with E-state index in [0.29, 0.717) is 0 Å². The maximum atomic E-state index is 4.75. The molecular formula is C17H29N3. The molecule has 0 aliphatic carbocycles. The molecule has 1 aromatic heterocycles. The molecule has 2 heterocycles. The first-order valence-corrected chi connectivity index (χ1v) is 8.27. The Hall–Kier alpha value is -1.09. The summed E-state index contributed by atoms with van der Waals surface area (Å²) in [5.41, 5.74) is 1.20. The van der Waals surface area contributed by atoms with E-state index >= 15 is 0 Å². The van der Waals surface area contributed by atoms with Crippen LogP contribution in [-0.2, 0) is 6.54 Å². The van der Waals surface area contributed by atoms with Gasteiger partial charge in [0.05, 0.1) is 5.69 Å². The number of hydrogen-bond donors (Lipinski definition) is 1. The molecule has 1 fully saturated rings. The molecule has 0 amide bonds. The molecule has 1 unspecified atom stereocenters. The summed E-state index contributed by atoms with van der Waals surface area (Å²) in [5.74, 6) is 1.02. The molecule has 0 radical (unpaired) electrons. The van der Waals surface area contributed by atoms with Gasteiger partial charge in [0, 0.05) is 19.1 Å². The van der Waals surface area contributed by atoms with Gasteiger partial charge in [-0.2, -0.15) is 0 Å². The molecule has 1 aliphatic heterocycles. The lowest BCUT2D eigenvalue weighted by Gasteiger charge is -2.35. The summed E-state index contributed by atoms with van der Waals surface area (Å²) in [6, 6.07) is 7.12. The van der Waals surface area contributed by atoms with Crippen LogP contribution in [0, 0.1) is 0 Å². The SMILES string of the molecule is CCCNc1cccc(CN2CCCCC2CCC)n1. The normalized spacial score (nSPS) is 20.0. The van der Waals surface area contributed by atoms with Crippen LogP contribution in [0.25, 0.3) is 0 Å². The third-order valence-corrected chi connectivity index (χ3v) is 4.10. The summed E-state index contributed by atoms with van der Waals surface area (Å²) in [6.07, 6.45) is 7.85. The second kappa shape index (κ2) is 8.25. The van der Waals surface area contributed by atoms with Gasteiger partial charge in [-0.3, -0.25) is 4.90 Å². The van der Waals surface area contributed by atoms with Crippen molar-refractivity contribution in [1.82, 2.24) is 9.88 Å². The molecule has 3 heteroatoms. The van der Waals surface area contributed by atoms with Crippen LogP contribution in [0.1, 0.15) is 58.1 Å². The highest BCUT2D eigenvalue weighted by molar-refractivity contribution is 5.35. The molecule has 1 saturated heterocycles. The Bertz CT molecular complexity index is 390. The van der Waals surface area contributed by atoms with Crippen molar-refractivity contribution in [3.63, 3.8) is 0 Å². The van der Waals surface area contributed by atoms with Crippen molar-refractivity contribution in [3.05, 3.63) is 23.9 Å². The summed E-state index contributed by atoms with van der Waals surface area (Å²) in [6.45, 7) is 7.71. The lowest BCUT2D eigenvalue weighted by molar-refractivity contribution is 0.130. The van der Waals surface area contributed by atoms with Crippen LogP contribution in [0.15, 0.2) is 18.2 Å². The monoisotopic (exact) mass is 275 g/mol. The summed E-state index contributed by atoms with van der Waals surface area (Å²) >= 11 is 0. The molecule has 1 atom stereocenters. The number of rotatable bonds is 7. The third kappa shape index (κ3) is 4.48. The number of pyridine rings is 1. The van der Waals surface area contributed by atoms with E-state index in [-0.39, 0.29) is 0 Å². The van der Waals surface area contributed by atoms with Gasteiger partial charge in [0.15, 0.2) is 0 Å². The Kier molecular flexibility index (Phi) is 6.31. The number of piperidine rings is 1. The van der Waals surface area contributed by atoms with Gasteiger partial charge in [-0.15, -0.1) is 0 Å². The molecule has 112 valence electrons. The molecule has 1 aliphatic rings. The average Bonchev–Trinajstić information content (AvgIpc) is 2.48. The number of nitrogens with zero attached hydrogens (tertiary/aromatic N) is 2. The van der Waals surface area contributed by atoms with Crippen LogP contribution >= 0.6 is 0 Å². The summed E-state index contributed by atoms with van der Waals surface area (Å²) in [7, 11) is 0.